The van der Waals surface area contributed by atoms with Crippen LogP contribution in [0.1, 0.15) is 31.1 Å². The third kappa shape index (κ3) is 3.48. The summed E-state index contributed by atoms with van der Waals surface area (Å²) in [5, 5.41) is 8.95. The maximum atomic E-state index is 12.0. The van der Waals surface area contributed by atoms with Gasteiger partial charge >= 0.3 is 12.1 Å². The molecule has 0 fully saturated rings. The number of benzene rings is 1. The topological polar surface area (TPSA) is 66.8 Å². The fourth-order valence-electron chi connectivity index (χ4n) is 1.37. The van der Waals surface area contributed by atoms with Gasteiger partial charge in [-0.2, -0.15) is 0 Å². The van der Waals surface area contributed by atoms with Crippen LogP contribution in [0.15, 0.2) is 24.3 Å². The number of anilines is 1. The standard InChI is InChI=1S/C13H17NO4/c1-13(2,3)18-11(15)9-7-5-6-8-10(9)14(4)12(16)17/h5-8H,1-4H3,(H,16,17). The Labute approximate surface area is 106 Å². The number of hydrogen-bond acceptors (Lipinski definition) is 3. The molecule has 18 heavy (non-hydrogen) atoms. The molecule has 0 bridgehead atoms. The number of carboxylic acid groups (broad SMARTS) is 1. The van der Waals surface area contributed by atoms with Gasteiger partial charge < -0.3 is 9.84 Å². The van der Waals surface area contributed by atoms with Crippen LogP contribution < -0.4 is 4.90 Å². The highest BCUT2D eigenvalue weighted by Crippen LogP contribution is 2.22. The normalized spacial score (nSPS) is 10.9. The van der Waals surface area contributed by atoms with E-state index in [1.54, 1.807) is 45.0 Å². The third-order valence-corrected chi connectivity index (χ3v) is 2.17. The highest BCUT2D eigenvalue weighted by molar-refractivity contribution is 6.00. The first-order valence-corrected chi connectivity index (χ1v) is 5.51. The SMILES string of the molecule is CN(C(=O)O)c1ccccc1C(=O)OC(C)(C)C. The molecule has 1 amide bonds. The summed E-state index contributed by atoms with van der Waals surface area (Å²) in [6, 6.07) is 6.44. The van der Waals surface area contributed by atoms with Crippen LogP contribution in [0.5, 0.6) is 0 Å². The highest BCUT2D eigenvalue weighted by Gasteiger charge is 2.22. The number of nitrogens with zero attached hydrogens (tertiary/aromatic N) is 1. The molecule has 5 nitrogen and oxygen atoms in total. The quantitative estimate of drug-likeness (QED) is 0.821. The zero-order valence-electron chi connectivity index (χ0n) is 10.9. The van der Waals surface area contributed by atoms with Gasteiger partial charge in [0, 0.05) is 7.05 Å². The molecule has 0 heterocycles. The van der Waals surface area contributed by atoms with E-state index in [1.165, 1.54) is 7.05 Å². The second kappa shape index (κ2) is 5.08. The van der Waals surface area contributed by atoms with Crippen molar-refractivity contribution in [3.63, 3.8) is 0 Å². The minimum atomic E-state index is -1.13. The van der Waals surface area contributed by atoms with Crippen molar-refractivity contribution in [1.29, 1.82) is 0 Å². The summed E-state index contributed by atoms with van der Waals surface area (Å²) in [5.41, 5.74) is -0.0806. The van der Waals surface area contributed by atoms with Gasteiger partial charge in [-0.05, 0) is 32.9 Å². The van der Waals surface area contributed by atoms with Gasteiger partial charge in [-0.3, -0.25) is 4.90 Å². The van der Waals surface area contributed by atoms with Crippen molar-refractivity contribution in [2.45, 2.75) is 26.4 Å². The zero-order valence-corrected chi connectivity index (χ0v) is 10.9. The Balaban J connectivity index is 3.10. The Kier molecular flexibility index (Phi) is 3.96. The van der Waals surface area contributed by atoms with Crippen molar-refractivity contribution >= 4 is 17.7 Å². The monoisotopic (exact) mass is 251 g/mol. The molecule has 0 radical (unpaired) electrons. The number of para-hydroxylation sites is 1. The van der Waals surface area contributed by atoms with Gasteiger partial charge in [0.1, 0.15) is 5.60 Å². The number of carbonyl (C=O) groups is 2. The van der Waals surface area contributed by atoms with E-state index in [4.69, 9.17) is 9.84 Å². The molecule has 0 aliphatic carbocycles. The molecule has 0 aliphatic heterocycles. The molecule has 1 aromatic carbocycles. The average molecular weight is 251 g/mol. The van der Waals surface area contributed by atoms with E-state index >= 15 is 0 Å². The summed E-state index contributed by atoms with van der Waals surface area (Å²) >= 11 is 0. The summed E-state index contributed by atoms with van der Waals surface area (Å²) in [7, 11) is 1.38. The lowest BCUT2D eigenvalue weighted by molar-refractivity contribution is 0.00705. The van der Waals surface area contributed by atoms with E-state index in [0.717, 1.165) is 4.90 Å². The van der Waals surface area contributed by atoms with E-state index in [-0.39, 0.29) is 5.56 Å². The fraction of sp³-hybridized carbons (Fsp3) is 0.385. The van der Waals surface area contributed by atoms with Gasteiger partial charge in [-0.25, -0.2) is 9.59 Å². The molecule has 1 N–H and O–H groups in total. The van der Waals surface area contributed by atoms with Gasteiger partial charge in [0.25, 0.3) is 0 Å². The molecule has 0 aliphatic rings. The minimum Gasteiger partial charge on any atom is -0.465 e. The lowest BCUT2D eigenvalue weighted by Crippen LogP contribution is -2.28. The van der Waals surface area contributed by atoms with Gasteiger partial charge in [0.15, 0.2) is 0 Å². The lowest BCUT2D eigenvalue weighted by atomic mass is 10.1. The van der Waals surface area contributed by atoms with Crippen molar-refractivity contribution in [3.05, 3.63) is 29.8 Å². The third-order valence-electron chi connectivity index (χ3n) is 2.17. The van der Waals surface area contributed by atoms with Crippen LogP contribution in [-0.2, 0) is 4.74 Å². The summed E-state index contributed by atoms with van der Waals surface area (Å²) in [6.07, 6.45) is -1.13. The lowest BCUT2D eigenvalue weighted by Gasteiger charge is -2.22. The first kappa shape index (κ1) is 14.0. The number of esters is 1. The number of carbonyl (C=O) groups excluding carboxylic acids is 1. The predicted molar refractivity (Wildman–Crippen MR) is 68.0 cm³/mol. The molecule has 0 atom stereocenters. The second-order valence-electron chi connectivity index (χ2n) is 4.86. The van der Waals surface area contributed by atoms with Gasteiger partial charge in [-0.1, -0.05) is 12.1 Å². The first-order valence-electron chi connectivity index (χ1n) is 5.51. The van der Waals surface area contributed by atoms with Crippen LogP contribution in [0.2, 0.25) is 0 Å². The van der Waals surface area contributed by atoms with E-state index in [2.05, 4.69) is 0 Å². The average Bonchev–Trinajstić information content (AvgIpc) is 2.25. The maximum Gasteiger partial charge on any atom is 0.411 e. The molecule has 0 aromatic heterocycles. The van der Waals surface area contributed by atoms with Crippen LogP contribution in [0.25, 0.3) is 0 Å². The Hall–Kier alpha value is -2.04. The van der Waals surface area contributed by atoms with Crippen LogP contribution in [-0.4, -0.2) is 29.8 Å². The Morgan fingerprint density at radius 3 is 2.28 bits per heavy atom. The van der Waals surface area contributed by atoms with E-state index in [9.17, 15) is 9.59 Å². The number of rotatable bonds is 2. The molecule has 5 heteroatoms. The molecule has 0 unspecified atom stereocenters. The van der Waals surface area contributed by atoms with Gasteiger partial charge in [0.05, 0.1) is 11.3 Å². The predicted octanol–water partition coefficient (Wildman–Crippen LogP) is 2.76. The number of amides is 1. The van der Waals surface area contributed by atoms with Crippen molar-refractivity contribution in [2.24, 2.45) is 0 Å². The van der Waals surface area contributed by atoms with Crippen molar-refractivity contribution in [2.75, 3.05) is 11.9 Å². The van der Waals surface area contributed by atoms with E-state index in [0.29, 0.717) is 5.69 Å². The van der Waals surface area contributed by atoms with Crippen molar-refractivity contribution in [3.8, 4) is 0 Å². The van der Waals surface area contributed by atoms with E-state index in [1.807, 2.05) is 0 Å². The van der Waals surface area contributed by atoms with Gasteiger partial charge in [0.2, 0.25) is 0 Å². The molecular weight excluding hydrogens is 234 g/mol. The van der Waals surface area contributed by atoms with E-state index < -0.39 is 17.7 Å². The molecular formula is C13H17NO4. The van der Waals surface area contributed by atoms with Crippen LogP contribution in [0.3, 0.4) is 0 Å². The molecule has 98 valence electrons. The number of hydrogen-bond donors (Lipinski definition) is 1. The van der Waals surface area contributed by atoms with Crippen LogP contribution in [0, 0.1) is 0 Å². The molecule has 0 saturated heterocycles. The molecule has 0 saturated carbocycles. The Morgan fingerprint density at radius 2 is 1.78 bits per heavy atom. The summed E-state index contributed by atoms with van der Waals surface area (Å²) in [5.74, 6) is -0.536. The Morgan fingerprint density at radius 1 is 1.22 bits per heavy atom. The van der Waals surface area contributed by atoms with Gasteiger partial charge in [-0.15, -0.1) is 0 Å². The maximum absolute atomic E-state index is 12.0. The first-order chi connectivity index (χ1) is 8.22. The molecule has 1 aromatic rings. The van der Waals surface area contributed by atoms with Crippen molar-refractivity contribution < 1.29 is 19.4 Å². The molecule has 0 spiro atoms. The smallest absolute Gasteiger partial charge is 0.411 e. The second-order valence-corrected chi connectivity index (χ2v) is 4.86. The van der Waals surface area contributed by atoms with Crippen LogP contribution in [0.4, 0.5) is 10.5 Å². The summed E-state index contributed by atoms with van der Waals surface area (Å²) in [4.78, 5) is 23.9. The zero-order chi connectivity index (χ0) is 13.9. The fourth-order valence-corrected chi connectivity index (χ4v) is 1.37. The summed E-state index contributed by atoms with van der Waals surface area (Å²) < 4.78 is 5.24. The highest BCUT2D eigenvalue weighted by atomic mass is 16.6. The Bertz CT molecular complexity index is 462. The minimum absolute atomic E-state index is 0.234. The van der Waals surface area contributed by atoms with Crippen molar-refractivity contribution in [1.82, 2.24) is 0 Å². The largest absolute Gasteiger partial charge is 0.465 e. The number of ether oxygens (including phenoxy) is 1. The summed E-state index contributed by atoms with van der Waals surface area (Å²) in [6.45, 7) is 5.28. The molecule has 1 rings (SSSR count). The van der Waals surface area contributed by atoms with Crippen LogP contribution >= 0.6 is 0 Å².